The van der Waals surface area contributed by atoms with Crippen molar-refractivity contribution in [2.75, 3.05) is 0 Å². The first-order valence-corrected chi connectivity index (χ1v) is 7.42. The molecule has 2 heteroatoms. The van der Waals surface area contributed by atoms with Crippen LogP contribution in [0.5, 0.6) is 0 Å². The Morgan fingerprint density at radius 1 is 1.39 bits per heavy atom. The topological polar surface area (TPSA) is 37.3 Å². The van der Waals surface area contributed by atoms with E-state index in [1.54, 1.807) is 0 Å². The van der Waals surface area contributed by atoms with Gasteiger partial charge in [0.15, 0.2) is 0 Å². The first-order valence-electron chi connectivity index (χ1n) is 7.42. The number of aliphatic hydroxyl groups is 1. The summed E-state index contributed by atoms with van der Waals surface area (Å²) in [5, 5.41) is 9.30. The second kappa shape index (κ2) is 6.40. The van der Waals surface area contributed by atoms with E-state index in [1.807, 2.05) is 20.8 Å². The number of rotatable bonds is 2. The normalized spacial score (nSPS) is 38.6. The van der Waals surface area contributed by atoms with Gasteiger partial charge in [-0.2, -0.15) is 0 Å². The summed E-state index contributed by atoms with van der Waals surface area (Å²) in [6.07, 6.45) is 8.12. The summed E-state index contributed by atoms with van der Waals surface area (Å²) in [5.41, 5.74) is 1.46. The van der Waals surface area contributed by atoms with Gasteiger partial charge < -0.3 is 9.90 Å². The molecule has 0 heterocycles. The SMILES string of the molecule is CC.C[C@H](C=O)C1CCC2/C(=C/O)CCCC21C. The van der Waals surface area contributed by atoms with Gasteiger partial charge in [-0.05, 0) is 54.9 Å². The Morgan fingerprint density at radius 3 is 2.61 bits per heavy atom. The number of carbonyl (C=O) groups is 1. The molecule has 0 aromatic heterocycles. The average molecular weight is 252 g/mol. The van der Waals surface area contributed by atoms with Gasteiger partial charge in [-0.1, -0.05) is 27.7 Å². The summed E-state index contributed by atoms with van der Waals surface area (Å²) in [6.45, 7) is 8.36. The van der Waals surface area contributed by atoms with Gasteiger partial charge in [0.25, 0.3) is 0 Å². The van der Waals surface area contributed by atoms with Crippen LogP contribution in [0.1, 0.15) is 59.8 Å². The largest absolute Gasteiger partial charge is 0.516 e. The molecule has 2 saturated carbocycles. The quantitative estimate of drug-likeness (QED) is 0.580. The summed E-state index contributed by atoms with van der Waals surface area (Å²) < 4.78 is 0. The lowest BCUT2D eigenvalue weighted by molar-refractivity contribution is -0.113. The molecule has 0 spiro atoms. The maximum Gasteiger partial charge on any atom is 0.123 e. The fourth-order valence-corrected chi connectivity index (χ4v) is 4.19. The molecule has 0 radical (unpaired) electrons. The van der Waals surface area contributed by atoms with Gasteiger partial charge in [0.1, 0.15) is 6.29 Å². The van der Waals surface area contributed by atoms with Crippen molar-refractivity contribution >= 4 is 6.29 Å². The Hall–Kier alpha value is -0.790. The molecule has 0 aliphatic heterocycles. The van der Waals surface area contributed by atoms with Crippen molar-refractivity contribution in [3.63, 3.8) is 0 Å². The molecule has 2 nitrogen and oxygen atoms in total. The molecule has 104 valence electrons. The van der Waals surface area contributed by atoms with Gasteiger partial charge in [0.05, 0.1) is 6.26 Å². The molecule has 0 aromatic rings. The van der Waals surface area contributed by atoms with E-state index in [1.165, 1.54) is 18.3 Å². The molecule has 3 unspecified atom stereocenters. The van der Waals surface area contributed by atoms with Crippen LogP contribution in [0.3, 0.4) is 0 Å². The number of fused-ring (bicyclic) bond motifs is 1. The van der Waals surface area contributed by atoms with E-state index < -0.39 is 0 Å². The maximum atomic E-state index is 11.0. The number of aliphatic hydroxyl groups excluding tert-OH is 1. The minimum atomic E-state index is 0.160. The summed E-state index contributed by atoms with van der Waals surface area (Å²) in [7, 11) is 0. The molecule has 0 saturated heterocycles. The molecule has 2 rings (SSSR count). The smallest absolute Gasteiger partial charge is 0.123 e. The molecule has 2 aliphatic rings. The van der Waals surface area contributed by atoms with Crippen molar-refractivity contribution < 1.29 is 9.90 Å². The van der Waals surface area contributed by atoms with Gasteiger partial charge in [0, 0.05) is 5.92 Å². The molecule has 0 amide bonds. The summed E-state index contributed by atoms with van der Waals surface area (Å²) in [6, 6.07) is 0. The number of carbonyl (C=O) groups excluding carboxylic acids is 1. The van der Waals surface area contributed by atoms with Crippen LogP contribution in [0.25, 0.3) is 0 Å². The van der Waals surface area contributed by atoms with E-state index in [4.69, 9.17) is 0 Å². The molecule has 2 aliphatic carbocycles. The minimum Gasteiger partial charge on any atom is -0.516 e. The zero-order chi connectivity index (χ0) is 13.8. The van der Waals surface area contributed by atoms with E-state index in [-0.39, 0.29) is 11.3 Å². The van der Waals surface area contributed by atoms with E-state index in [2.05, 4.69) is 6.92 Å². The van der Waals surface area contributed by atoms with E-state index in [0.29, 0.717) is 11.8 Å². The lowest BCUT2D eigenvalue weighted by Gasteiger charge is -2.43. The monoisotopic (exact) mass is 252 g/mol. The fraction of sp³-hybridized carbons (Fsp3) is 0.812. The van der Waals surface area contributed by atoms with Gasteiger partial charge in [-0.25, -0.2) is 0 Å². The molecule has 1 N–H and O–H groups in total. The summed E-state index contributed by atoms with van der Waals surface area (Å²) in [4.78, 5) is 11.0. The predicted octanol–water partition coefficient (Wildman–Crippen LogP) is 4.51. The van der Waals surface area contributed by atoms with Crippen molar-refractivity contribution in [1.29, 1.82) is 0 Å². The molecule has 4 atom stereocenters. The highest BCUT2D eigenvalue weighted by Crippen LogP contribution is 2.58. The van der Waals surface area contributed by atoms with E-state index in [9.17, 15) is 9.90 Å². The number of allylic oxidation sites excluding steroid dienone is 1. The molecule has 0 aromatic carbocycles. The van der Waals surface area contributed by atoms with Gasteiger partial charge in [0.2, 0.25) is 0 Å². The van der Waals surface area contributed by atoms with Crippen molar-refractivity contribution in [2.45, 2.75) is 59.8 Å². The van der Waals surface area contributed by atoms with Crippen LogP contribution in [0.15, 0.2) is 11.8 Å². The Bertz CT molecular complexity index is 308. The predicted molar refractivity (Wildman–Crippen MR) is 75.5 cm³/mol. The molecular weight excluding hydrogens is 224 g/mol. The molecule has 18 heavy (non-hydrogen) atoms. The van der Waals surface area contributed by atoms with Crippen molar-refractivity contribution in [3.05, 3.63) is 11.8 Å². The van der Waals surface area contributed by atoms with Crippen LogP contribution in [0.2, 0.25) is 0 Å². The van der Waals surface area contributed by atoms with E-state index in [0.717, 1.165) is 32.0 Å². The molecule has 2 fully saturated rings. The zero-order valence-electron chi connectivity index (χ0n) is 12.3. The minimum absolute atomic E-state index is 0.160. The standard InChI is InChI=1S/C14H22O2.C2H6/c1-10(8-15)12-5-6-13-11(9-16)4-3-7-14(12,13)2;1-2/h8-10,12-13,16H,3-7H2,1-2H3;1-2H3/b11-9+;/t10-,12?,13?,14?;/m1./s1. The highest BCUT2D eigenvalue weighted by atomic mass is 16.2. The Morgan fingerprint density at radius 2 is 2.06 bits per heavy atom. The van der Waals surface area contributed by atoms with Gasteiger partial charge in [-0.15, -0.1) is 0 Å². The third-order valence-electron chi connectivity index (χ3n) is 5.05. The second-order valence-corrected chi connectivity index (χ2v) is 5.80. The second-order valence-electron chi connectivity index (χ2n) is 5.80. The van der Waals surface area contributed by atoms with Crippen LogP contribution in [0.4, 0.5) is 0 Å². The number of hydrogen-bond donors (Lipinski definition) is 1. The zero-order valence-corrected chi connectivity index (χ0v) is 12.3. The van der Waals surface area contributed by atoms with Gasteiger partial charge >= 0.3 is 0 Å². The Balaban J connectivity index is 0.000000771. The number of aldehydes is 1. The Kier molecular flexibility index (Phi) is 5.43. The first kappa shape index (κ1) is 15.3. The van der Waals surface area contributed by atoms with Crippen LogP contribution in [-0.2, 0) is 4.79 Å². The highest BCUT2D eigenvalue weighted by Gasteiger charge is 2.50. The maximum absolute atomic E-state index is 11.0. The molecular formula is C16H28O2. The molecule has 0 bridgehead atoms. The van der Waals surface area contributed by atoms with E-state index >= 15 is 0 Å². The van der Waals surface area contributed by atoms with Crippen LogP contribution in [0, 0.1) is 23.2 Å². The first-order chi connectivity index (χ1) is 8.63. The average Bonchev–Trinajstić information content (AvgIpc) is 2.77. The highest BCUT2D eigenvalue weighted by molar-refractivity contribution is 5.54. The van der Waals surface area contributed by atoms with Crippen LogP contribution in [-0.4, -0.2) is 11.4 Å². The number of hydrogen-bond acceptors (Lipinski definition) is 2. The third kappa shape index (κ3) is 2.48. The van der Waals surface area contributed by atoms with Crippen molar-refractivity contribution in [1.82, 2.24) is 0 Å². The van der Waals surface area contributed by atoms with Crippen molar-refractivity contribution in [3.8, 4) is 0 Å². The fourth-order valence-electron chi connectivity index (χ4n) is 4.19. The summed E-state index contributed by atoms with van der Waals surface area (Å²) >= 11 is 0. The summed E-state index contributed by atoms with van der Waals surface area (Å²) in [5.74, 6) is 1.18. The third-order valence-corrected chi connectivity index (χ3v) is 5.05. The van der Waals surface area contributed by atoms with Crippen LogP contribution >= 0.6 is 0 Å². The van der Waals surface area contributed by atoms with Crippen LogP contribution < -0.4 is 0 Å². The Labute approximate surface area is 111 Å². The lowest BCUT2D eigenvalue weighted by Crippen LogP contribution is -2.36. The lowest BCUT2D eigenvalue weighted by atomic mass is 9.61. The van der Waals surface area contributed by atoms with Crippen molar-refractivity contribution in [2.24, 2.45) is 23.2 Å². The van der Waals surface area contributed by atoms with Gasteiger partial charge in [-0.3, -0.25) is 0 Å².